The molecule has 0 saturated carbocycles. The van der Waals surface area contributed by atoms with Crippen molar-refractivity contribution < 1.29 is 19.4 Å². The minimum absolute atomic E-state index is 0.204. The van der Waals surface area contributed by atoms with E-state index in [2.05, 4.69) is 0 Å². The van der Waals surface area contributed by atoms with Crippen LogP contribution in [0, 0.1) is 0 Å². The summed E-state index contributed by atoms with van der Waals surface area (Å²) >= 11 is 0. The van der Waals surface area contributed by atoms with Crippen LogP contribution in [-0.4, -0.2) is 47.7 Å². The van der Waals surface area contributed by atoms with E-state index in [1.165, 1.54) is 12.0 Å². The van der Waals surface area contributed by atoms with Gasteiger partial charge in [0.05, 0.1) is 0 Å². The molecular formula is C10H17NO4. The molecule has 1 N–H and O–H groups in total. The van der Waals surface area contributed by atoms with Crippen molar-refractivity contribution in [1.29, 1.82) is 0 Å². The maximum atomic E-state index is 11.9. The van der Waals surface area contributed by atoms with Crippen LogP contribution >= 0.6 is 0 Å². The summed E-state index contributed by atoms with van der Waals surface area (Å²) in [4.78, 5) is 24.2. The first-order valence-electron chi connectivity index (χ1n) is 5.17. The molecule has 5 heteroatoms. The van der Waals surface area contributed by atoms with Crippen molar-refractivity contribution in [2.75, 3.05) is 13.7 Å². The van der Waals surface area contributed by atoms with E-state index >= 15 is 0 Å². The van der Waals surface area contributed by atoms with E-state index in [1.54, 1.807) is 0 Å². The number of methoxy groups -OCH3 is 1. The van der Waals surface area contributed by atoms with Crippen LogP contribution < -0.4 is 0 Å². The zero-order valence-corrected chi connectivity index (χ0v) is 9.10. The smallest absolute Gasteiger partial charge is 0.326 e. The van der Waals surface area contributed by atoms with Gasteiger partial charge in [0, 0.05) is 13.7 Å². The Morgan fingerprint density at radius 1 is 1.60 bits per heavy atom. The Kier molecular flexibility index (Phi) is 4.08. The molecule has 1 aliphatic rings. The van der Waals surface area contributed by atoms with Crippen LogP contribution in [0.2, 0.25) is 0 Å². The van der Waals surface area contributed by atoms with Gasteiger partial charge in [-0.05, 0) is 19.3 Å². The Bertz CT molecular complexity index is 250. The van der Waals surface area contributed by atoms with Crippen LogP contribution in [-0.2, 0) is 14.3 Å². The van der Waals surface area contributed by atoms with E-state index in [4.69, 9.17) is 9.84 Å². The van der Waals surface area contributed by atoms with Crippen LogP contribution in [0.5, 0.6) is 0 Å². The second-order valence-electron chi connectivity index (χ2n) is 3.66. The van der Waals surface area contributed by atoms with E-state index in [0.717, 1.165) is 6.42 Å². The highest BCUT2D eigenvalue weighted by Gasteiger charge is 2.36. The summed E-state index contributed by atoms with van der Waals surface area (Å²) in [5.41, 5.74) is 0. The second-order valence-corrected chi connectivity index (χ2v) is 3.66. The van der Waals surface area contributed by atoms with Crippen LogP contribution in [0.3, 0.4) is 0 Å². The van der Waals surface area contributed by atoms with E-state index in [9.17, 15) is 9.59 Å². The average Bonchev–Trinajstić information content (AvgIpc) is 2.67. The van der Waals surface area contributed by atoms with Gasteiger partial charge in [0.1, 0.15) is 12.1 Å². The van der Waals surface area contributed by atoms with Crippen molar-refractivity contribution in [3.05, 3.63) is 0 Å². The van der Waals surface area contributed by atoms with Crippen molar-refractivity contribution >= 4 is 11.9 Å². The number of carboxylic acids is 1. The molecule has 0 bridgehead atoms. The fourth-order valence-corrected chi connectivity index (χ4v) is 1.91. The summed E-state index contributed by atoms with van der Waals surface area (Å²) in [5.74, 6) is -1.13. The Hall–Kier alpha value is -1.10. The SMILES string of the molecule is CCC(OC)C(=O)N1CCC[C@H]1C(=O)O. The standard InChI is InChI=1S/C10H17NO4/c1-3-8(15-2)9(12)11-6-4-5-7(11)10(13)14/h7-8H,3-6H2,1-2H3,(H,13,14)/t7-,8?/m0/s1. The van der Waals surface area contributed by atoms with E-state index in [0.29, 0.717) is 19.4 Å². The number of likely N-dealkylation sites (tertiary alicyclic amines) is 1. The number of hydrogen-bond acceptors (Lipinski definition) is 3. The zero-order valence-electron chi connectivity index (χ0n) is 9.10. The first-order valence-corrected chi connectivity index (χ1v) is 5.17. The predicted molar refractivity (Wildman–Crippen MR) is 53.5 cm³/mol. The van der Waals surface area contributed by atoms with Crippen molar-refractivity contribution in [2.45, 2.75) is 38.3 Å². The fraction of sp³-hybridized carbons (Fsp3) is 0.800. The molecule has 1 unspecified atom stereocenters. The van der Waals surface area contributed by atoms with Crippen LogP contribution in [0.25, 0.3) is 0 Å². The van der Waals surface area contributed by atoms with Gasteiger partial charge in [-0.15, -0.1) is 0 Å². The van der Waals surface area contributed by atoms with E-state index in [-0.39, 0.29) is 5.91 Å². The predicted octanol–water partition coefficient (Wildman–Crippen LogP) is 0.487. The molecule has 1 rings (SSSR count). The molecule has 1 fully saturated rings. The van der Waals surface area contributed by atoms with Gasteiger partial charge in [0.2, 0.25) is 0 Å². The van der Waals surface area contributed by atoms with Gasteiger partial charge in [-0.3, -0.25) is 4.79 Å². The van der Waals surface area contributed by atoms with Crippen LogP contribution in [0.4, 0.5) is 0 Å². The minimum Gasteiger partial charge on any atom is -0.480 e. The maximum Gasteiger partial charge on any atom is 0.326 e. The molecule has 86 valence electrons. The summed E-state index contributed by atoms with van der Waals surface area (Å²) in [5, 5.41) is 8.93. The Labute approximate surface area is 89.0 Å². The maximum absolute atomic E-state index is 11.9. The quantitative estimate of drug-likeness (QED) is 0.741. The average molecular weight is 215 g/mol. The molecule has 0 aromatic rings. The van der Waals surface area contributed by atoms with Crippen molar-refractivity contribution in [3.63, 3.8) is 0 Å². The number of hydrogen-bond donors (Lipinski definition) is 1. The Balaban J connectivity index is 2.69. The normalized spacial score (nSPS) is 22.8. The molecule has 1 amide bonds. The van der Waals surface area contributed by atoms with Crippen LogP contribution in [0.1, 0.15) is 26.2 Å². The zero-order chi connectivity index (χ0) is 11.4. The molecule has 0 aromatic heterocycles. The van der Waals surface area contributed by atoms with E-state index in [1.807, 2.05) is 6.92 Å². The topological polar surface area (TPSA) is 66.8 Å². The molecule has 15 heavy (non-hydrogen) atoms. The summed E-state index contributed by atoms with van der Waals surface area (Å²) in [6, 6.07) is -0.665. The molecule has 1 heterocycles. The van der Waals surface area contributed by atoms with Gasteiger partial charge in [0.25, 0.3) is 5.91 Å². The first kappa shape index (κ1) is 12.0. The first-order chi connectivity index (χ1) is 7.11. The van der Waals surface area contributed by atoms with Crippen molar-refractivity contribution in [2.24, 2.45) is 0 Å². The monoisotopic (exact) mass is 215 g/mol. The molecule has 0 radical (unpaired) electrons. The van der Waals surface area contributed by atoms with Crippen molar-refractivity contribution in [1.82, 2.24) is 4.90 Å². The van der Waals surface area contributed by atoms with E-state index < -0.39 is 18.1 Å². The molecule has 1 saturated heterocycles. The largest absolute Gasteiger partial charge is 0.480 e. The highest BCUT2D eigenvalue weighted by molar-refractivity contribution is 5.86. The number of ether oxygens (including phenoxy) is 1. The molecule has 0 aromatic carbocycles. The molecule has 1 aliphatic heterocycles. The van der Waals surface area contributed by atoms with Gasteiger partial charge in [-0.1, -0.05) is 6.92 Å². The molecule has 0 spiro atoms. The fourth-order valence-electron chi connectivity index (χ4n) is 1.91. The van der Waals surface area contributed by atoms with Gasteiger partial charge in [0.15, 0.2) is 0 Å². The third kappa shape index (κ3) is 2.47. The summed E-state index contributed by atoms with van der Waals surface area (Å²) < 4.78 is 5.02. The number of carbonyl (C=O) groups is 2. The number of aliphatic carboxylic acids is 1. The third-order valence-corrected chi connectivity index (χ3v) is 2.75. The van der Waals surface area contributed by atoms with Crippen LogP contribution in [0.15, 0.2) is 0 Å². The highest BCUT2D eigenvalue weighted by atomic mass is 16.5. The minimum atomic E-state index is -0.924. The lowest BCUT2D eigenvalue weighted by Crippen LogP contribution is -2.45. The Morgan fingerprint density at radius 2 is 2.27 bits per heavy atom. The molecule has 5 nitrogen and oxygen atoms in total. The summed E-state index contributed by atoms with van der Waals surface area (Å²) in [7, 11) is 1.47. The van der Waals surface area contributed by atoms with Gasteiger partial charge in [-0.2, -0.15) is 0 Å². The number of rotatable bonds is 4. The summed E-state index contributed by atoms with van der Waals surface area (Å²) in [6.07, 6.45) is 1.35. The number of nitrogens with zero attached hydrogens (tertiary/aromatic N) is 1. The lowest BCUT2D eigenvalue weighted by molar-refractivity contribution is -0.153. The van der Waals surface area contributed by atoms with Gasteiger partial charge in [-0.25, -0.2) is 4.79 Å². The van der Waals surface area contributed by atoms with Gasteiger partial charge >= 0.3 is 5.97 Å². The lowest BCUT2D eigenvalue weighted by Gasteiger charge is -2.25. The summed E-state index contributed by atoms with van der Waals surface area (Å²) in [6.45, 7) is 2.37. The number of carbonyl (C=O) groups excluding carboxylic acids is 1. The number of amides is 1. The lowest BCUT2D eigenvalue weighted by atomic mass is 10.2. The Morgan fingerprint density at radius 3 is 2.73 bits per heavy atom. The van der Waals surface area contributed by atoms with Crippen molar-refractivity contribution in [3.8, 4) is 0 Å². The van der Waals surface area contributed by atoms with Gasteiger partial charge < -0.3 is 14.7 Å². The molecular weight excluding hydrogens is 198 g/mol. The number of carboxylic acid groups (broad SMARTS) is 1. The second kappa shape index (κ2) is 5.11. The molecule has 2 atom stereocenters. The third-order valence-electron chi connectivity index (χ3n) is 2.75. The highest BCUT2D eigenvalue weighted by Crippen LogP contribution is 2.19. The molecule has 0 aliphatic carbocycles.